The first-order chi connectivity index (χ1) is 11.5. The van der Waals surface area contributed by atoms with Crippen molar-refractivity contribution >= 4 is 17.2 Å². The van der Waals surface area contributed by atoms with E-state index >= 15 is 0 Å². The number of carbonyl (C=O) groups is 1. The summed E-state index contributed by atoms with van der Waals surface area (Å²) < 4.78 is 5.40. The molecule has 24 heavy (non-hydrogen) atoms. The highest BCUT2D eigenvalue weighted by Crippen LogP contribution is 2.20. The molecular formula is C17H24N4O2S. The summed E-state index contributed by atoms with van der Waals surface area (Å²) in [5.74, 6) is 0.820. The maximum atomic E-state index is 12.8. The van der Waals surface area contributed by atoms with Crippen molar-refractivity contribution in [1.29, 1.82) is 0 Å². The van der Waals surface area contributed by atoms with E-state index in [0.29, 0.717) is 18.0 Å². The molecule has 0 aliphatic carbocycles. The maximum Gasteiger partial charge on any atom is 0.276 e. The zero-order chi connectivity index (χ0) is 17.1. The maximum absolute atomic E-state index is 12.8. The molecule has 0 saturated carbocycles. The third-order valence-corrected chi connectivity index (χ3v) is 5.07. The minimum atomic E-state index is -0.0150. The fourth-order valence-electron chi connectivity index (χ4n) is 3.02. The lowest BCUT2D eigenvalue weighted by Crippen LogP contribution is -2.35. The minimum absolute atomic E-state index is 0.0150. The Bertz CT molecular complexity index is 694. The summed E-state index contributed by atoms with van der Waals surface area (Å²) >= 11 is 1.69. The monoisotopic (exact) mass is 348 g/mol. The molecule has 0 bridgehead atoms. The second-order valence-electron chi connectivity index (χ2n) is 6.50. The molecule has 1 saturated heterocycles. The van der Waals surface area contributed by atoms with Gasteiger partial charge in [0.05, 0.1) is 10.7 Å². The third-order valence-electron chi connectivity index (χ3n) is 4.25. The van der Waals surface area contributed by atoms with Gasteiger partial charge in [0.1, 0.15) is 5.76 Å². The van der Waals surface area contributed by atoms with Gasteiger partial charge >= 0.3 is 0 Å². The minimum Gasteiger partial charge on any atom is -0.447 e. The third kappa shape index (κ3) is 3.84. The molecule has 1 fully saturated rings. The van der Waals surface area contributed by atoms with E-state index in [0.717, 1.165) is 43.3 Å². The average Bonchev–Trinajstić information content (AvgIpc) is 3.12. The summed E-state index contributed by atoms with van der Waals surface area (Å²) in [5.41, 5.74) is 1.59. The Morgan fingerprint density at radius 1 is 1.33 bits per heavy atom. The highest BCUT2D eigenvalue weighted by Gasteiger charge is 2.26. The van der Waals surface area contributed by atoms with E-state index in [4.69, 9.17) is 4.42 Å². The number of hydrogen-bond acceptors (Lipinski definition) is 6. The van der Waals surface area contributed by atoms with Gasteiger partial charge in [0, 0.05) is 44.0 Å². The van der Waals surface area contributed by atoms with Gasteiger partial charge < -0.3 is 9.32 Å². The molecule has 0 spiro atoms. The topological polar surface area (TPSA) is 62.5 Å². The van der Waals surface area contributed by atoms with Crippen LogP contribution in [0, 0.1) is 6.92 Å². The molecule has 3 rings (SSSR count). The molecule has 6 nitrogen and oxygen atoms in total. The number of oxazole rings is 1. The van der Waals surface area contributed by atoms with E-state index in [1.165, 1.54) is 6.39 Å². The van der Waals surface area contributed by atoms with Crippen molar-refractivity contribution in [2.24, 2.45) is 0 Å². The van der Waals surface area contributed by atoms with Crippen LogP contribution in [-0.4, -0.2) is 51.9 Å². The molecule has 1 aliphatic heterocycles. The van der Waals surface area contributed by atoms with Crippen molar-refractivity contribution in [3.63, 3.8) is 0 Å². The van der Waals surface area contributed by atoms with E-state index in [1.807, 2.05) is 25.7 Å². The van der Waals surface area contributed by atoms with Crippen LogP contribution in [0.3, 0.4) is 0 Å². The molecule has 0 aromatic carbocycles. The molecule has 1 aliphatic rings. The Morgan fingerprint density at radius 2 is 2.17 bits per heavy atom. The van der Waals surface area contributed by atoms with Gasteiger partial charge in [0.2, 0.25) is 0 Å². The molecular weight excluding hydrogens is 324 g/mol. The zero-order valence-electron chi connectivity index (χ0n) is 14.5. The van der Waals surface area contributed by atoms with Crippen molar-refractivity contribution in [3.8, 4) is 0 Å². The van der Waals surface area contributed by atoms with Crippen LogP contribution >= 0.6 is 11.3 Å². The standard InChI is InChI=1S/C17H24N4O2S/c1-12(2)16-15(18-11-23-16)17(22)21-6-4-5-20(7-8-21)9-14-10-24-13(3)19-14/h10-12H,4-9H2,1-3H3. The van der Waals surface area contributed by atoms with Crippen LogP contribution in [0.15, 0.2) is 16.2 Å². The smallest absolute Gasteiger partial charge is 0.276 e. The number of hydrogen-bond donors (Lipinski definition) is 0. The quantitative estimate of drug-likeness (QED) is 0.850. The first-order valence-corrected chi connectivity index (χ1v) is 9.28. The predicted octanol–water partition coefficient (Wildman–Crippen LogP) is 2.91. The molecule has 3 heterocycles. The van der Waals surface area contributed by atoms with Gasteiger partial charge in [-0.25, -0.2) is 9.97 Å². The number of thiazole rings is 1. The second-order valence-corrected chi connectivity index (χ2v) is 7.56. The van der Waals surface area contributed by atoms with Gasteiger partial charge in [-0.1, -0.05) is 13.8 Å². The molecule has 2 aromatic rings. The SMILES string of the molecule is Cc1nc(CN2CCCN(C(=O)c3ncoc3C(C)C)CC2)cs1. The summed E-state index contributed by atoms with van der Waals surface area (Å²) in [6.45, 7) is 10.2. The van der Waals surface area contributed by atoms with Crippen molar-refractivity contribution in [3.05, 3.63) is 33.9 Å². The van der Waals surface area contributed by atoms with E-state index in [-0.39, 0.29) is 11.8 Å². The fourth-order valence-corrected chi connectivity index (χ4v) is 3.62. The molecule has 1 amide bonds. The summed E-state index contributed by atoms with van der Waals surface area (Å²) in [7, 11) is 0. The molecule has 0 atom stereocenters. The van der Waals surface area contributed by atoms with Gasteiger partial charge in [-0.15, -0.1) is 11.3 Å². The van der Waals surface area contributed by atoms with Crippen LogP contribution in [0.1, 0.15) is 53.1 Å². The average molecular weight is 348 g/mol. The van der Waals surface area contributed by atoms with E-state index in [2.05, 4.69) is 20.2 Å². The first kappa shape index (κ1) is 17.1. The van der Waals surface area contributed by atoms with Gasteiger partial charge in [-0.2, -0.15) is 0 Å². The first-order valence-electron chi connectivity index (χ1n) is 8.40. The normalized spacial score (nSPS) is 16.6. The van der Waals surface area contributed by atoms with Crippen LogP contribution in [0.4, 0.5) is 0 Å². The highest BCUT2D eigenvalue weighted by molar-refractivity contribution is 7.09. The summed E-state index contributed by atoms with van der Waals surface area (Å²) in [6, 6.07) is 0. The predicted molar refractivity (Wildman–Crippen MR) is 93.2 cm³/mol. The molecule has 0 unspecified atom stereocenters. The van der Waals surface area contributed by atoms with Crippen LogP contribution < -0.4 is 0 Å². The lowest BCUT2D eigenvalue weighted by Gasteiger charge is -2.21. The fraction of sp³-hybridized carbons (Fsp3) is 0.588. The summed E-state index contributed by atoms with van der Waals surface area (Å²) in [6.07, 6.45) is 2.33. The number of nitrogens with zero attached hydrogens (tertiary/aromatic N) is 4. The Morgan fingerprint density at radius 3 is 2.88 bits per heavy atom. The Labute approximate surface area is 146 Å². The lowest BCUT2D eigenvalue weighted by molar-refractivity contribution is 0.0753. The molecule has 0 radical (unpaired) electrons. The van der Waals surface area contributed by atoms with Crippen molar-refractivity contribution in [1.82, 2.24) is 19.8 Å². The van der Waals surface area contributed by atoms with Crippen LogP contribution in [0.25, 0.3) is 0 Å². The lowest BCUT2D eigenvalue weighted by atomic mass is 10.1. The number of rotatable bonds is 4. The van der Waals surface area contributed by atoms with E-state index in [1.54, 1.807) is 11.3 Å². The Balaban J connectivity index is 1.62. The van der Waals surface area contributed by atoms with Gasteiger partial charge in [-0.3, -0.25) is 9.69 Å². The largest absolute Gasteiger partial charge is 0.447 e. The number of amides is 1. The van der Waals surface area contributed by atoms with Gasteiger partial charge in [0.15, 0.2) is 12.1 Å². The van der Waals surface area contributed by atoms with Gasteiger partial charge in [0.25, 0.3) is 5.91 Å². The van der Waals surface area contributed by atoms with Crippen LogP contribution in [0.5, 0.6) is 0 Å². The van der Waals surface area contributed by atoms with Crippen molar-refractivity contribution < 1.29 is 9.21 Å². The summed E-state index contributed by atoms with van der Waals surface area (Å²) in [4.78, 5) is 25.7. The Hall–Kier alpha value is -1.73. The Kier molecular flexibility index (Phi) is 5.30. The molecule has 2 aromatic heterocycles. The van der Waals surface area contributed by atoms with Crippen LogP contribution in [0.2, 0.25) is 0 Å². The van der Waals surface area contributed by atoms with E-state index < -0.39 is 0 Å². The molecule has 130 valence electrons. The second kappa shape index (κ2) is 7.44. The van der Waals surface area contributed by atoms with E-state index in [9.17, 15) is 4.79 Å². The molecule has 7 heteroatoms. The van der Waals surface area contributed by atoms with Gasteiger partial charge in [-0.05, 0) is 13.3 Å². The number of carbonyl (C=O) groups excluding carboxylic acids is 1. The summed E-state index contributed by atoms with van der Waals surface area (Å²) in [5, 5.41) is 3.22. The highest BCUT2D eigenvalue weighted by atomic mass is 32.1. The van der Waals surface area contributed by atoms with Crippen molar-refractivity contribution in [2.45, 2.75) is 39.7 Å². The zero-order valence-corrected chi connectivity index (χ0v) is 15.3. The van der Waals surface area contributed by atoms with Crippen LogP contribution in [-0.2, 0) is 6.54 Å². The number of aryl methyl sites for hydroxylation is 1. The number of aromatic nitrogens is 2. The molecule has 0 N–H and O–H groups in total. The van der Waals surface area contributed by atoms with Crippen molar-refractivity contribution in [2.75, 3.05) is 26.2 Å².